The van der Waals surface area contributed by atoms with Gasteiger partial charge in [0.05, 0.1) is 0 Å². The van der Waals surface area contributed by atoms with Gasteiger partial charge in [0.2, 0.25) is 10.9 Å². The van der Waals surface area contributed by atoms with E-state index in [9.17, 15) is 18.4 Å². The Morgan fingerprint density at radius 1 is 1.07 bits per heavy atom. The second kappa shape index (κ2) is 9.80. The summed E-state index contributed by atoms with van der Waals surface area (Å²) < 4.78 is 31.9. The Morgan fingerprint density at radius 2 is 1.90 bits per heavy atom. The topological polar surface area (TPSA) is 93.2 Å². The number of hydrogen-bond donors (Lipinski definition) is 2. The zero-order chi connectivity index (χ0) is 20.6. The molecular formula is C19H16F2N4O3S. The average Bonchev–Trinajstić information content (AvgIpc) is 3.16. The molecule has 1 heterocycles. The van der Waals surface area contributed by atoms with E-state index in [0.29, 0.717) is 16.3 Å². The summed E-state index contributed by atoms with van der Waals surface area (Å²) in [6, 6.07) is 11.6. The standard InChI is InChI=1S/C19H16F2N4O3S/c20-13-5-3-6-14(8-13)23-18(27)19-25-24-17(29-19)11-28-10-16(26)22-9-12-4-1-2-7-15(12)21/h1-8H,9-11H2,(H,22,26)(H,23,27). The van der Waals surface area contributed by atoms with Crippen molar-refractivity contribution in [2.45, 2.75) is 13.2 Å². The number of nitrogens with one attached hydrogen (secondary N) is 2. The Balaban J connectivity index is 1.42. The maximum absolute atomic E-state index is 13.5. The minimum Gasteiger partial charge on any atom is -0.364 e. The number of nitrogens with zero attached hydrogens (tertiary/aromatic N) is 2. The Kier molecular flexibility index (Phi) is 6.93. The lowest BCUT2D eigenvalue weighted by Crippen LogP contribution is -2.27. The predicted octanol–water partition coefficient (Wildman–Crippen LogP) is 2.90. The summed E-state index contributed by atoms with van der Waals surface area (Å²) in [5.41, 5.74) is 0.674. The molecule has 29 heavy (non-hydrogen) atoms. The molecule has 0 saturated heterocycles. The van der Waals surface area contributed by atoms with Crippen molar-refractivity contribution in [1.29, 1.82) is 0 Å². The smallest absolute Gasteiger partial charge is 0.286 e. The lowest BCUT2D eigenvalue weighted by molar-refractivity contribution is -0.126. The van der Waals surface area contributed by atoms with Gasteiger partial charge in [-0.2, -0.15) is 0 Å². The van der Waals surface area contributed by atoms with Crippen molar-refractivity contribution in [1.82, 2.24) is 15.5 Å². The molecule has 0 radical (unpaired) electrons. The maximum Gasteiger partial charge on any atom is 0.286 e. The first-order chi connectivity index (χ1) is 14.0. The van der Waals surface area contributed by atoms with Gasteiger partial charge in [-0.05, 0) is 24.3 Å². The third kappa shape index (κ3) is 6.13. The Labute approximate surface area is 168 Å². The van der Waals surface area contributed by atoms with Crippen LogP contribution in [0, 0.1) is 11.6 Å². The van der Waals surface area contributed by atoms with E-state index in [2.05, 4.69) is 20.8 Å². The Morgan fingerprint density at radius 3 is 2.69 bits per heavy atom. The van der Waals surface area contributed by atoms with Crippen molar-refractivity contribution in [3.05, 3.63) is 75.7 Å². The van der Waals surface area contributed by atoms with Crippen molar-refractivity contribution in [3.63, 3.8) is 0 Å². The molecule has 0 unspecified atom stereocenters. The van der Waals surface area contributed by atoms with Crippen LogP contribution in [-0.4, -0.2) is 28.6 Å². The minimum atomic E-state index is -0.526. The van der Waals surface area contributed by atoms with Crippen molar-refractivity contribution in [2.75, 3.05) is 11.9 Å². The molecule has 0 fully saturated rings. The number of benzene rings is 2. The first-order valence-electron chi connectivity index (χ1n) is 8.48. The molecule has 2 aromatic carbocycles. The highest BCUT2D eigenvalue weighted by atomic mass is 32.1. The number of carbonyl (C=O) groups is 2. The first-order valence-corrected chi connectivity index (χ1v) is 9.30. The van der Waals surface area contributed by atoms with Gasteiger partial charge in [-0.1, -0.05) is 35.6 Å². The number of hydrogen-bond acceptors (Lipinski definition) is 6. The molecule has 0 aliphatic heterocycles. The van der Waals surface area contributed by atoms with E-state index in [1.807, 2.05) is 0 Å². The van der Waals surface area contributed by atoms with E-state index in [-0.39, 0.29) is 24.8 Å². The van der Waals surface area contributed by atoms with E-state index in [0.717, 1.165) is 11.3 Å². The summed E-state index contributed by atoms with van der Waals surface area (Å²) in [4.78, 5) is 23.9. The average molecular weight is 418 g/mol. The van der Waals surface area contributed by atoms with Gasteiger partial charge in [-0.25, -0.2) is 8.78 Å². The fourth-order valence-corrected chi connectivity index (χ4v) is 2.94. The zero-order valence-corrected chi connectivity index (χ0v) is 15.8. The second-order valence-electron chi connectivity index (χ2n) is 5.83. The minimum absolute atomic E-state index is 0.0158. The third-order valence-electron chi connectivity index (χ3n) is 3.64. The fraction of sp³-hybridized carbons (Fsp3) is 0.158. The number of aromatic nitrogens is 2. The predicted molar refractivity (Wildman–Crippen MR) is 102 cm³/mol. The van der Waals surface area contributed by atoms with Crippen LogP contribution in [0.4, 0.5) is 14.5 Å². The molecule has 1 aromatic heterocycles. The molecule has 0 bridgehead atoms. The summed E-state index contributed by atoms with van der Waals surface area (Å²) in [6.45, 7) is -0.213. The molecule has 0 aliphatic carbocycles. The number of rotatable bonds is 8. The third-order valence-corrected chi connectivity index (χ3v) is 4.53. The lowest BCUT2D eigenvalue weighted by Gasteiger charge is -2.06. The first kappa shape index (κ1) is 20.5. The maximum atomic E-state index is 13.5. The van der Waals surface area contributed by atoms with Gasteiger partial charge in [0.1, 0.15) is 29.9 Å². The van der Waals surface area contributed by atoms with Gasteiger partial charge in [0, 0.05) is 17.8 Å². The van der Waals surface area contributed by atoms with Crippen LogP contribution in [0.2, 0.25) is 0 Å². The van der Waals surface area contributed by atoms with Crippen LogP contribution in [0.3, 0.4) is 0 Å². The zero-order valence-electron chi connectivity index (χ0n) is 15.0. The van der Waals surface area contributed by atoms with Gasteiger partial charge in [-0.3, -0.25) is 9.59 Å². The normalized spacial score (nSPS) is 10.6. The van der Waals surface area contributed by atoms with Crippen molar-refractivity contribution < 1.29 is 23.1 Å². The molecule has 10 heteroatoms. The molecule has 7 nitrogen and oxygen atoms in total. The van der Waals surface area contributed by atoms with E-state index in [4.69, 9.17) is 4.74 Å². The lowest BCUT2D eigenvalue weighted by atomic mass is 10.2. The second-order valence-corrected chi connectivity index (χ2v) is 6.89. The quantitative estimate of drug-likeness (QED) is 0.587. The Bertz CT molecular complexity index is 1010. The number of anilines is 1. The molecule has 0 aliphatic rings. The Hall–Kier alpha value is -3.24. The van der Waals surface area contributed by atoms with E-state index < -0.39 is 23.4 Å². The highest BCUT2D eigenvalue weighted by molar-refractivity contribution is 7.13. The van der Waals surface area contributed by atoms with Crippen LogP contribution >= 0.6 is 11.3 Å². The SMILES string of the molecule is O=C(COCc1nnc(C(=O)Nc2cccc(F)c2)s1)NCc1ccccc1F. The highest BCUT2D eigenvalue weighted by Gasteiger charge is 2.14. The number of amides is 2. The summed E-state index contributed by atoms with van der Waals surface area (Å²) >= 11 is 0.994. The van der Waals surface area contributed by atoms with Gasteiger partial charge in [0.15, 0.2) is 0 Å². The largest absolute Gasteiger partial charge is 0.364 e. The van der Waals surface area contributed by atoms with Gasteiger partial charge >= 0.3 is 0 Å². The fourth-order valence-electron chi connectivity index (χ4n) is 2.27. The van der Waals surface area contributed by atoms with E-state index in [1.165, 1.54) is 24.3 Å². The summed E-state index contributed by atoms with van der Waals surface area (Å²) in [6.07, 6.45) is 0. The van der Waals surface area contributed by atoms with E-state index in [1.54, 1.807) is 24.3 Å². The highest BCUT2D eigenvalue weighted by Crippen LogP contribution is 2.15. The van der Waals surface area contributed by atoms with Gasteiger partial charge in [-0.15, -0.1) is 10.2 Å². The van der Waals surface area contributed by atoms with Gasteiger partial charge in [0.25, 0.3) is 5.91 Å². The van der Waals surface area contributed by atoms with Crippen molar-refractivity contribution in [2.24, 2.45) is 0 Å². The summed E-state index contributed by atoms with van der Waals surface area (Å²) in [5.74, 6) is -1.81. The molecule has 150 valence electrons. The van der Waals surface area contributed by atoms with Crippen molar-refractivity contribution in [3.8, 4) is 0 Å². The van der Waals surface area contributed by atoms with Crippen LogP contribution in [0.15, 0.2) is 48.5 Å². The molecule has 2 amide bonds. The van der Waals surface area contributed by atoms with Crippen LogP contribution in [0.25, 0.3) is 0 Å². The van der Waals surface area contributed by atoms with Crippen LogP contribution in [0.5, 0.6) is 0 Å². The molecule has 0 atom stereocenters. The summed E-state index contributed by atoms with van der Waals surface area (Å²) in [5, 5.41) is 13.1. The van der Waals surface area contributed by atoms with Crippen LogP contribution in [-0.2, 0) is 22.7 Å². The number of ether oxygens (including phenoxy) is 1. The summed E-state index contributed by atoms with van der Waals surface area (Å²) in [7, 11) is 0. The monoisotopic (exact) mass is 418 g/mol. The van der Waals surface area contributed by atoms with Crippen LogP contribution in [0.1, 0.15) is 20.4 Å². The van der Waals surface area contributed by atoms with Crippen LogP contribution < -0.4 is 10.6 Å². The van der Waals surface area contributed by atoms with Gasteiger partial charge < -0.3 is 15.4 Å². The van der Waals surface area contributed by atoms with E-state index >= 15 is 0 Å². The molecule has 0 saturated carbocycles. The molecule has 2 N–H and O–H groups in total. The molecule has 3 rings (SSSR count). The molecular weight excluding hydrogens is 402 g/mol. The molecule has 0 spiro atoms. The molecule has 3 aromatic rings. The van der Waals surface area contributed by atoms with Crippen molar-refractivity contribution >= 4 is 28.8 Å². The number of halogens is 2. The number of carbonyl (C=O) groups excluding carboxylic acids is 2.